The molecule has 0 aliphatic heterocycles. The van der Waals surface area contributed by atoms with E-state index in [-0.39, 0.29) is 0 Å². The van der Waals surface area contributed by atoms with Gasteiger partial charge in [0.15, 0.2) is 0 Å². The minimum absolute atomic E-state index is 0.901. The first-order valence-corrected chi connectivity index (χ1v) is 12.9. The molecule has 0 N–H and O–H groups in total. The molecule has 0 aliphatic rings. The summed E-state index contributed by atoms with van der Waals surface area (Å²) in [7, 11) is 0. The van der Waals surface area contributed by atoms with Gasteiger partial charge < -0.3 is 8.83 Å². The highest BCUT2D eigenvalue weighted by Crippen LogP contribution is 2.43. The molecule has 0 bridgehead atoms. The smallest absolute Gasteiger partial charge is 0.143 e. The average Bonchev–Trinajstić information content (AvgIpc) is 3.55. The van der Waals surface area contributed by atoms with E-state index in [2.05, 4.69) is 97.1 Å². The summed E-state index contributed by atoms with van der Waals surface area (Å²) in [5.41, 5.74) is 10.4. The van der Waals surface area contributed by atoms with E-state index in [0.717, 1.165) is 77.3 Å². The lowest BCUT2D eigenvalue weighted by Gasteiger charge is -2.11. The third-order valence-corrected chi connectivity index (χ3v) is 7.46. The Morgan fingerprint density at radius 3 is 1.16 bits per heavy atom. The van der Waals surface area contributed by atoms with E-state index >= 15 is 0 Å². The van der Waals surface area contributed by atoms with Gasteiger partial charge in [-0.15, -0.1) is 0 Å². The summed E-state index contributed by atoms with van der Waals surface area (Å²) >= 11 is 0. The summed E-state index contributed by atoms with van der Waals surface area (Å²) in [4.78, 5) is 0. The van der Waals surface area contributed by atoms with Crippen LogP contribution in [0.1, 0.15) is 0 Å². The second kappa shape index (κ2) is 8.22. The lowest BCUT2D eigenvalue weighted by molar-refractivity contribution is 0.669. The molecule has 6 aromatic carbocycles. The molecule has 0 atom stereocenters. The zero-order valence-electron chi connectivity index (χ0n) is 20.5. The van der Waals surface area contributed by atoms with Crippen molar-refractivity contribution in [1.29, 1.82) is 0 Å². The van der Waals surface area contributed by atoms with Crippen LogP contribution in [-0.4, -0.2) is 0 Å². The maximum atomic E-state index is 6.42. The molecular formula is C36H22O2. The minimum Gasteiger partial charge on any atom is -0.455 e. The second-order valence-electron chi connectivity index (χ2n) is 9.73. The molecule has 0 amide bonds. The first kappa shape index (κ1) is 21.0. The second-order valence-corrected chi connectivity index (χ2v) is 9.73. The maximum Gasteiger partial charge on any atom is 0.143 e. The largest absolute Gasteiger partial charge is 0.455 e. The van der Waals surface area contributed by atoms with Gasteiger partial charge in [0.2, 0.25) is 0 Å². The van der Waals surface area contributed by atoms with Crippen molar-refractivity contribution in [2.75, 3.05) is 0 Å². The first-order valence-electron chi connectivity index (χ1n) is 12.9. The number of fused-ring (bicyclic) bond motifs is 6. The summed E-state index contributed by atoms with van der Waals surface area (Å²) in [6.07, 6.45) is 0. The van der Waals surface area contributed by atoms with Crippen molar-refractivity contribution in [2.24, 2.45) is 0 Å². The molecule has 0 saturated carbocycles. The Morgan fingerprint density at radius 2 is 0.711 bits per heavy atom. The normalized spacial score (nSPS) is 11.7. The Labute approximate surface area is 219 Å². The maximum absolute atomic E-state index is 6.42. The molecular weight excluding hydrogens is 464 g/mol. The molecule has 8 aromatic rings. The van der Waals surface area contributed by atoms with Crippen LogP contribution < -0.4 is 0 Å². The topological polar surface area (TPSA) is 26.3 Å². The van der Waals surface area contributed by atoms with Gasteiger partial charge in [0, 0.05) is 32.7 Å². The predicted octanol–water partition coefficient (Wildman–Crippen LogP) is 10.5. The van der Waals surface area contributed by atoms with Crippen LogP contribution in [-0.2, 0) is 0 Å². The number of hydrogen-bond acceptors (Lipinski definition) is 2. The molecule has 8 rings (SSSR count). The summed E-state index contributed by atoms with van der Waals surface area (Å²) in [5.74, 6) is 0. The van der Waals surface area contributed by atoms with Crippen LogP contribution in [0, 0.1) is 0 Å². The molecule has 38 heavy (non-hydrogen) atoms. The molecule has 2 aromatic heterocycles. The summed E-state index contributed by atoms with van der Waals surface area (Å²) < 4.78 is 12.8. The number of benzene rings is 6. The van der Waals surface area contributed by atoms with E-state index in [1.54, 1.807) is 0 Å². The molecule has 0 spiro atoms. The van der Waals surface area contributed by atoms with Crippen LogP contribution in [0.2, 0.25) is 0 Å². The fourth-order valence-corrected chi connectivity index (χ4v) is 5.65. The van der Waals surface area contributed by atoms with E-state index in [1.165, 1.54) is 0 Å². The lowest BCUT2D eigenvalue weighted by Crippen LogP contribution is -1.86. The van der Waals surface area contributed by atoms with Crippen LogP contribution in [0.4, 0.5) is 0 Å². The van der Waals surface area contributed by atoms with Crippen LogP contribution in [0.25, 0.3) is 77.3 Å². The van der Waals surface area contributed by atoms with Gasteiger partial charge in [-0.2, -0.15) is 0 Å². The molecule has 0 saturated heterocycles. The molecule has 0 fully saturated rings. The van der Waals surface area contributed by atoms with Gasteiger partial charge >= 0.3 is 0 Å². The van der Waals surface area contributed by atoms with Crippen molar-refractivity contribution < 1.29 is 8.83 Å². The van der Waals surface area contributed by atoms with E-state index in [1.807, 2.05) is 36.4 Å². The molecule has 0 radical (unpaired) electrons. The Morgan fingerprint density at radius 1 is 0.316 bits per heavy atom. The highest BCUT2D eigenvalue weighted by molar-refractivity contribution is 6.14. The summed E-state index contributed by atoms with van der Waals surface area (Å²) in [6.45, 7) is 0. The van der Waals surface area contributed by atoms with E-state index in [9.17, 15) is 0 Å². The van der Waals surface area contributed by atoms with Crippen molar-refractivity contribution in [3.05, 3.63) is 133 Å². The van der Waals surface area contributed by atoms with Gasteiger partial charge in [0.25, 0.3) is 0 Å². The van der Waals surface area contributed by atoms with Crippen molar-refractivity contribution in [3.8, 4) is 33.4 Å². The number of furan rings is 2. The fraction of sp³-hybridized carbons (Fsp3) is 0. The van der Waals surface area contributed by atoms with E-state index in [0.29, 0.717) is 0 Å². The number of para-hydroxylation sites is 2. The molecule has 0 unspecified atom stereocenters. The van der Waals surface area contributed by atoms with Crippen molar-refractivity contribution >= 4 is 43.9 Å². The summed E-state index contributed by atoms with van der Waals surface area (Å²) in [6, 6.07) is 46.6. The van der Waals surface area contributed by atoms with Crippen molar-refractivity contribution in [1.82, 2.24) is 0 Å². The number of hydrogen-bond donors (Lipinski definition) is 0. The van der Waals surface area contributed by atoms with Crippen molar-refractivity contribution in [3.63, 3.8) is 0 Å². The molecule has 178 valence electrons. The fourth-order valence-electron chi connectivity index (χ4n) is 5.65. The summed E-state index contributed by atoms with van der Waals surface area (Å²) in [5, 5.41) is 4.49. The Bertz CT molecular complexity index is 1960. The van der Waals surface area contributed by atoms with Gasteiger partial charge in [-0.25, -0.2) is 0 Å². The van der Waals surface area contributed by atoms with Gasteiger partial charge in [0.05, 0.1) is 0 Å². The Kier molecular flexibility index (Phi) is 4.55. The monoisotopic (exact) mass is 486 g/mol. The minimum atomic E-state index is 0.901. The SMILES string of the molecule is c1ccc(-c2cc(-c3cc(-c4ccccc4)c4oc5ccccc5c4c3)cc3c2oc2ccccc23)cc1. The lowest BCUT2D eigenvalue weighted by atomic mass is 9.92. The first-order chi connectivity index (χ1) is 18.8. The highest BCUT2D eigenvalue weighted by atomic mass is 16.3. The predicted molar refractivity (Wildman–Crippen MR) is 157 cm³/mol. The van der Waals surface area contributed by atoms with Crippen LogP contribution in [0.3, 0.4) is 0 Å². The Hall–Kier alpha value is -5.08. The number of rotatable bonds is 3. The van der Waals surface area contributed by atoms with Gasteiger partial charge in [-0.1, -0.05) is 97.1 Å². The third-order valence-electron chi connectivity index (χ3n) is 7.46. The standard InChI is InChI=1S/C36H22O2/c1-3-11-23(12-4-1)29-19-25(21-31-27-15-7-9-17-33(27)37-35(29)31)26-20-30(24-13-5-2-6-14-24)36-32(22-26)28-16-8-10-18-34(28)38-36/h1-22H. The third kappa shape index (κ3) is 3.21. The van der Waals surface area contributed by atoms with E-state index < -0.39 is 0 Å². The van der Waals surface area contributed by atoms with Crippen molar-refractivity contribution in [2.45, 2.75) is 0 Å². The Balaban J connectivity index is 1.48. The zero-order valence-corrected chi connectivity index (χ0v) is 20.5. The molecule has 2 nitrogen and oxygen atoms in total. The molecule has 0 aliphatic carbocycles. The van der Waals surface area contributed by atoms with E-state index in [4.69, 9.17) is 8.83 Å². The average molecular weight is 487 g/mol. The van der Waals surface area contributed by atoms with Gasteiger partial charge in [0.1, 0.15) is 22.3 Å². The van der Waals surface area contributed by atoms with Gasteiger partial charge in [-0.3, -0.25) is 0 Å². The molecule has 2 heterocycles. The van der Waals surface area contributed by atoms with Gasteiger partial charge in [-0.05, 0) is 58.7 Å². The quantitative estimate of drug-likeness (QED) is 0.248. The van der Waals surface area contributed by atoms with Crippen LogP contribution in [0.15, 0.2) is 142 Å². The highest BCUT2D eigenvalue weighted by Gasteiger charge is 2.18. The van der Waals surface area contributed by atoms with Crippen LogP contribution >= 0.6 is 0 Å². The zero-order chi connectivity index (χ0) is 25.1. The molecule has 2 heteroatoms. The van der Waals surface area contributed by atoms with Crippen LogP contribution in [0.5, 0.6) is 0 Å².